The van der Waals surface area contributed by atoms with Crippen molar-refractivity contribution in [3.8, 4) is 0 Å². The van der Waals surface area contributed by atoms with Gasteiger partial charge in [0, 0.05) is 16.8 Å². The maximum absolute atomic E-state index is 11.8. The van der Waals surface area contributed by atoms with Gasteiger partial charge in [-0.1, -0.05) is 15.9 Å². The molecule has 0 saturated carbocycles. The predicted molar refractivity (Wildman–Crippen MR) is 68.7 cm³/mol. The van der Waals surface area contributed by atoms with Crippen LogP contribution in [0.1, 0.15) is 23.2 Å². The van der Waals surface area contributed by atoms with Gasteiger partial charge in [0.1, 0.15) is 6.10 Å². The average molecular weight is 314 g/mol. The monoisotopic (exact) mass is 313 g/mol. The zero-order chi connectivity index (χ0) is 13.1. The zero-order valence-corrected chi connectivity index (χ0v) is 11.1. The Labute approximate surface area is 112 Å². The normalized spacial score (nSPS) is 18.6. The molecule has 5 nitrogen and oxygen atoms in total. The first-order valence-electron chi connectivity index (χ1n) is 5.52. The van der Waals surface area contributed by atoms with Gasteiger partial charge in [0.25, 0.3) is 5.91 Å². The topological polar surface area (TPSA) is 75.6 Å². The van der Waals surface area contributed by atoms with Gasteiger partial charge in [0.2, 0.25) is 0 Å². The summed E-state index contributed by atoms with van der Waals surface area (Å²) in [5.41, 5.74) is 0.564. The van der Waals surface area contributed by atoms with Crippen molar-refractivity contribution in [1.82, 2.24) is 0 Å². The summed E-state index contributed by atoms with van der Waals surface area (Å²) < 4.78 is 5.86. The molecule has 1 aromatic rings. The Morgan fingerprint density at radius 1 is 1.39 bits per heavy atom. The summed E-state index contributed by atoms with van der Waals surface area (Å²) in [5.74, 6) is -1.27. The van der Waals surface area contributed by atoms with Crippen LogP contribution in [0.15, 0.2) is 22.7 Å². The molecule has 96 valence electrons. The largest absolute Gasteiger partial charge is 0.478 e. The number of hydrogen-bond acceptors (Lipinski definition) is 3. The number of carbonyl (C=O) groups excluding carboxylic acids is 1. The number of carboxylic acid groups (broad SMARTS) is 1. The van der Waals surface area contributed by atoms with E-state index in [-0.39, 0.29) is 11.5 Å². The van der Waals surface area contributed by atoms with Crippen molar-refractivity contribution in [2.45, 2.75) is 18.9 Å². The van der Waals surface area contributed by atoms with Crippen LogP contribution in [0.3, 0.4) is 0 Å². The van der Waals surface area contributed by atoms with Gasteiger partial charge in [-0.15, -0.1) is 0 Å². The number of nitrogens with one attached hydrogen (secondary N) is 1. The van der Waals surface area contributed by atoms with Crippen molar-refractivity contribution < 1.29 is 19.4 Å². The summed E-state index contributed by atoms with van der Waals surface area (Å²) >= 11 is 3.21. The number of ether oxygens (including phenoxy) is 1. The molecule has 2 N–H and O–H groups in total. The second kappa shape index (κ2) is 5.49. The lowest BCUT2D eigenvalue weighted by Gasteiger charge is -2.11. The van der Waals surface area contributed by atoms with Crippen LogP contribution in [0.2, 0.25) is 0 Å². The molecule has 18 heavy (non-hydrogen) atoms. The van der Waals surface area contributed by atoms with Gasteiger partial charge in [-0.05, 0) is 31.0 Å². The van der Waals surface area contributed by atoms with E-state index in [0.717, 1.165) is 6.42 Å². The maximum Gasteiger partial charge on any atom is 0.335 e. The van der Waals surface area contributed by atoms with Gasteiger partial charge in [-0.25, -0.2) is 4.79 Å². The van der Waals surface area contributed by atoms with Crippen LogP contribution in [-0.4, -0.2) is 29.7 Å². The van der Waals surface area contributed by atoms with Gasteiger partial charge < -0.3 is 15.2 Å². The fourth-order valence-electron chi connectivity index (χ4n) is 1.79. The summed E-state index contributed by atoms with van der Waals surface area (Å²) in [4.78, 5) is 22.7. The third-order valence-electron chi connectivity index (χ3n) is 2.63. The summed E-state index contributed by atoms with van der Waals surface area (Å²) in [5, 5.41) is 11.6. The summed E-state index contributed by atoms with van der Waals surface area (Å²) in [6.07, 6.45) is 1.14. The third-order valence-corrected chi connectivity index (χ3v) is 3.09. The van der Waals surface area contributed by atoms with Crippen molar-refractivity contribution in [3.05, 3.63) is 28.2 Å². The molecule has 0 radical (unpaired) electrons. The number of hydrogen-bond donors (Lipinski definition) is 2. The molecular weight excluding hydrogens is 302 g/mol. The molecule has 0 unspecified atom stereocenters. The van der Waals surface area contributed by atoms with Crippen LogP contribution >= 0.6 is 15.9 Å². The second-order valence-corrected chi connectivity index (χ2v) is 4.94. The van der Waals surface area contributed by atoms with Crippen LogP contribution in [-0.2, 0) is 9.53 Å². The Kier molecular flexibility index (Phi) is 3.98. The molecule has 6 heteroatoms. The number of carbonyl (C=O) groups is 2. The van der Waals surface area contributed by atoms with Crippen molar-refractivity contribution >= 4 is 33.5 Å². The van der Waals surface area contributed by atoms with Gasteiger partial charge in [0.05, 0.1) is 5.56 Å². The van der Waals surface area contributed by atoms with Crippen molar-refractivity contribution in [3.63, 3.8) is 0 Å². The molecule has 1 aliphatic rings. The van der Waals surface area contributed by atoms with E-state index in [1.165, 1.54) is 12.1 Å². The molecule has 0 bridgehead atoms. The number of anilines is 1. The van der Waals surface area contributed by atoms with Crippen LogP contribution in [0.25, 0.3) is 0 Å². The highest BCUT2D eigenvalue weighted by Crippen LogP contribution is 2.21. The number of rotatable bonds is 3. The van der Waals surface area contributed by atoms with Gasteiger partial charge in [-0.3, -0.25) is 4.79 Å². The SMILES string of the molecule is O=C(O)c1cc(Br)cc(NC(=O)[C@H]2CCCO2)c1. The number of halogens is 1. The molecule has 2 rings (SSSR count). The van der Waals surface area contributed by atoms with Crippen LogP contribution < -0.4 is 5.32 Å². The van der Waals surface area contributed by atoms with Crippen molar-refractivity contribution in [2.75, 3.05) is 11.9 Å². The molecule has 1 heterocycles. The van der Waals surface area contributed by atoms with E-state index >= 15 is 0 Å². The molecular formula is C12H12BrNO4. The smallest absolute Gasteiger partial charge is 0.335 e. The fraction of sp³-hybridized carbons (Fsp3) is 0.333. The minimum atomic E-state index is -1.04. The number of amides is 1. The molecule has 1 saturated heterocycles. The molecule has 0 aliphatic carbocycles. The molecule has 1 aromatic carbocycles. The lowest BCUT2D eigenvalue weighted by atomic mass is 10.2. The molecule has 0 spiro atoms. The van der Waals surface area contributed by atoms with Crippen LogP contribution in [0.4, 0.5) is 5.69 Å². The number of aromatic carboxylic acids is 1. The minimum Gasteiger partial charge on any atom is -0.478 e. The predicted octanol–water partition coefficient (Wildman–Crippen LogP) is 2.26. The Bertz CT molecular complexity index is 483. The van der Waals surface area contributed by atoms with E-state index < -0.39 is 12.1 Å². The molecule has 1 aliphatic heterocycles. The maximum atomic E-state index is 11.8. The standard InChI is InChI=1S/C12H12BrNO4/c13-8-4-7(12(16)17)5-9(6-8)14-11(15)10-2-1-3-18-10/h4-6,10H,1-3H2,(H,14,15)(H,16,17)/t10-/m1/s1. The van der Waals surface area contributed by atoms with Crippen molar-refractivity contribution in [1.29, 1.82) is 0 Å². The lowest BCUT2D eigenvalue weighted by Crippen LogP contribution is -2.26. The Balaban J connectivity index is 2.13. The first-order valence-corrected chi connectivity index (χ1v) is 6.32. The van der Waals surface area contributed by atoms with E-state index in [1.807, 2.05) is 0 Å². The highest BCUT2D eigenvalue weighted by Gasteiger charge is 2.23. The highest BCUT2D eigenvalue weighted by atomic mass is 79.9. The Morgan fingerprint density at radius 2 is 2.17 bits per heavy atom. The van der Waals surface area contributed by atoms with Crippen LogP contribution in [0.5, 0.6) is 0 Å². The number of carboxylic acids is 1. The molecule has 1 atom stereocenters. The summed E-state index contributed by atoms with van der Waals surface area (Å²) in [6, 6.07) is 4.54. The third kappa shape index (κ3) is 3.08. The molecule has 0 aromatic heterocycles. The molecule has 1 fully saturated rings. The van der Waals surface area contributed by atoms with E-state index in [2.05, 4.69) is 21.2 Å². The first kappa shape index (κ1) is 13.0. The van der Waals surface area contributed by atoms with E-state index in [4.69, 9.17) is 9.84 Å². The number of benzene rings is 1. The Hall–Kier alpha value is -1.40. The van der Waals surface area contributed by atoms with Crippen LogP contribution in [0, 0.1) is 0 Å². The Morgan fingerprint density at radius 3 is 2.78 bits per heavy atom. The summed E-state index contributed by atoms with van der Waals surface area (Å²) in [6.45, 7) is 0.594. The van der Waals surface area contributed by atoms with Crippen molar-refractivity contribution in [2.24, 2.45) is 0 Å². The summed E-state index contributed by atoms with van der Waals surface area (Å²) in [7, 11) is 0. The average Bonchev–Trinajstić information content (AvgIpc) is 2.81. The van der Waals surface area contributed by atoms with E-state index in [0.29, 0.717) is 23.2 Å². The fourth-order valence-corrected chi connectivity index (χ4v) is 2.29. The minimum absolute atomic E-state index is 0.118. The molecule has 1 amide bonds. The quantitative estimate of drug-likeness (QED) is 0.897. The van der Waals surface area contributed by atoms with Gasteiger partial charge in [-0.2, -0.15) is 0 Å². The van der Waals surface area contributed by atoms with E-state index in [1.54, 1.807) is 6.07 Å². The highest BCUT2D eigenvalue weighted by molar-refractivity contribution is 9.10. The first-order chi connectivity index (χ1) is 8.56. The van der Waals surface area contributed by atoms with Gasteiger partial charge in [0.15, 0.2) is 0 Å². The van der Waals surface area contributed by atoms with Gasteiger partial charge >= 0.3 is 5.97 Å². The lowest BCUT2D eigenvalue weighted by molar-refractivity contribution is -0.124. The zero-order valence-electron chi connectivity index (χ0n) is 9.48. The second-order valence-electron chi connectivity index (χ2n) is 4.02. The van der Waals surface area contributed by atoms with E-state index in [9.17, 15) is 9.59 Å².